The van der Waals surface area contributed by atoms with Crippen LogP contribution in [0.5, 0.6) is 0 Å². The van der Waals surface area contributed by atoms with Crippen molar-refractivity contribution in [3.05, 3.63) is 125 Å². The van der Waals surface area contributed by atoms with Gasteiger partial charge in [-0.05, 0) is 68.6 Å². The maximum absolute atomic E-state index is 6.50. The number of hydrogen-bond acceptors (Lipinski definition) is 4. The van der Waals surface area contributed by atoms with Crippen molar-refractivity contribution in [1.29, 1.82) is 0 Å². The van der Waals surface area contributed by atoms with Crippen molar-refractivity contribution >= 4 is 32.7 Å². The van der Waals surface area contributed by atoms with Gasteiger partial charge in [-0.2, -0.15) is 0 Å². The Morgan fingerprint density at radius 1 is 0.717 bits per heavy atom. The van der Waals surface area contributed by atoms with Gasteiger partial charge in [-0.1, -0.05) is 74.0 Å². The maximum atomic E-state index is 6.50. The summed E-state index contributed by atoms with van der Waals surface area (Å²) in [4.78, 5) is 13.7. The van der Waals surface area contributed by atoms with Gasteiger partial charge in [-0.3, -0.25) is 4.98 Å². The minimum absolute atomic E-state index is 0. The molecule has 0 N–H and O–H groups in total. The van der Waals surface area contributed by atoms with Crippen molar-refractivity contribution in [2.45, 2.75) is 61.8 Å². The molecule has 0 bridgehead atoms. The molecule has 46 heavy (non-hydrogen) atoms. The number of aromatic nitrogens is 3. The Balaban J connectivity index is 0.000000220. The van der Waals surface area contributed by atoms with Gasteiger partial charge in [0, 0.05) is 60.0 Å². The van der Waals surface area contributed by atoms with Gasteiger partial charge in [0.25, 0.3) is 0 Å². The van der Waals surface area contributed by atoms with Crippen molar-refractivity contribution in [2.75, 3.05) is 0 Å². The van der Waals surface area contributed by atoms with E-state index in [0.717, 1.165) is 73.0 Å². The third-order valence-electron chi connectivity index (χ3n) is 8.16. The van der Waals surface area contributed by atoms with E-state index in [4.69, 9.17) is 4.42 Å². The van der Waals surface area contributed by atoms with Gasteiger partial charge in [0.2, 0.25) is 0 Å². The summed E-state index contributed by atoms with van der Waals surface area (Å²) in [7, 11) is 0. The van der Waals surface area contributed by atoms with E-state index in [9.17, 15) is 0 Å². The molecule has 4 nitrogen and oxygen atoms in total. The Morgan fingerprint density at radius 3 is 2.20 bits per heavy atom. The van der Waals surface area contributed by atoms with Crippen LogP contribution in [0.4, 0.5) is 0 Å². The molecule has 0 aliphatic rings. The standard InChI is InChI=1S/C27H25N2O.C14H14N.Ir/c1-16-13-23-19(17(2)29-16)9-10-21-20-7-6-8-22(25(20)30-26(21)23)24-14-18(11-12-28-24)15-27(3,4)5;1-10-4-6-13(7-5-10)14-8-11(2)12(3)9-15-14;/h6-7,9-14H,15H2,1-5H3;4-6,8-9H,1-3H3;/q2*-1;. The van der Waals surface area contributed by atoms with Crippen molar-refractivity contribution in [3.63, 3.8) is 0 Å². The normalized spacial score (nSPS) is 11.4. The first kappa shape index (κ1) is 33.2. The number of fused-ring (bicyclic) bond motifs is 5. The Hall–Kier alpha value is -4.18. The van der Waals surface area contributed by atoms with Crippen LogP contribution in [0.2, 0.25) is 0 Å². The van der Waals surface area contributed by atoms with Crippen LogP contribution in [0.1, 0.15) is 54.4 Å². The van der Waals surface area contributed by atoms with Gasteiger partial charge in [0.1, 0.15) is 5.58 Å². The van der Waals surface area contributed by atoms with Gasteiger partial charge < -0.3 is 14.4 Å². The number of nitrogens with zero attached hydrogens (tertiary/aromatic N) is 3. The van der Waals surface area contributed by atoms with Crippen LogP contribution in [0.15, 0.2) is 83.5 Å². The fraction of sp³-hybridized carbons (Fsp3) is 0.244. The first-order valence-electron chi connectivity index (χ1n) is 15.5. The molecule has 4 aromatic heterocycles. The third-order valence-corrected chi connectivity index (χ3v) is 8.16. The molecule has 0 atom stereocenters. The van der Waals surface area contributed by atoms with Crippen LogP contribution in [-0.4, -0.2) is 15.0 Å². The van der Waals surface area contributed by atoms with Gasteiger partial charge in [0.15, 0.2) is 0 Å². The zero-order valence-corrected chi connectivity index (χ0v) is 30.2. The van der Waals surface area contributed by atoms with E-state index >= 15 is 0 Å². The molecular weight excluding hydrogens is 743 g/mol. The molecule has 3 aromatic carbocycles. The summed E-state index contributed by atoms with van der Waals surface area (Å²) in [6, 6.07) is 29.6. The Labute approximate surface area is 285 Å². The van der Waals surface area contributed by atoms with Crippen molar-refractivity contribution in [2.24, 2.45) is 5.41 Å². The minimum atomic E-state index is 0. The molecule has 0 spiro atoms. The Bertz CT molecular complexity index is 2170. The molecule has 1 radical (unpaired) electrons. The summed E-state index contributed by atoms with van der Waals surface area (Å²) in [5.74, 6) is 0. The molecule has 4 heterocycles. The van der Waals surface area contributed by atoms with Gasteiger partial charge >= 0.3 is 0 Å². The molecular formula is C41H39IrN3O-2. The van der Waals surface area contributed by atoms with Crippen molar-refractivity contribution in [1.82, 2.24) is 15.0 Å². The van der Waals surface area contributed by atoms with Crippen LogP contribution in [0, 0.1) is 52.2 Å². The van der Waals surface area contributed by atoms with E-state index in [1.165, 1.54) is 22.3 Å². The Morgan fingerprint density at radius 2 is 1.48 bits per heavy atom. The second-order valence-corrected chi connectivity index (χ2v) is 13.3. The summed E-state index contributed by atoms with van der Waals surface area (Å²) in [5.41, 5.74) is 12.9. The minimum Gasteiger partial charge on any atom is -0.500 e. The second kappa shape index (κ2) is 13.3. The first-order chi connectivity index (χ1) is 21.5. The molecule has 235 valence electrons. The molecule has 0 aliphatic heterocycles. The number of pyridine rings is 3. The number of rotatable bonds is 3. The van der Waals surface area contributed by atoms with E-state index in [0.29, 0.717) is 0 Å². The number of hydrogen-bond donors (Lipinski definition) is 0. The first-order valence-corrected chi connectivity index (χ1v) is 15.5. The zero-order chi connectivity index (χ0) is 31.9. The number of furan rings is 1. The molecule has 0 saturated heterocycles. The van der Waals surface area contributed by atoms with Crippen LogP contribution in [0.3, 0.4) is 0 Å². The van der Waals surface area contributed by atoms with Crippen molar-refractivity contribution in [3.8, 4) is 22.5 Å². The van der Waals surface area contributed by atoms with Crippen LogP contribution in [-0.2, 0) is 26.5 Å². The Kier molecular flexibility index (Phi) is 9.58. The van der Waals surface area contributed by atoms with Crippen molar-refractivity contribution < 1.29 is 24.5 Å². The summed E-state index contributed by atoms with van der Waals surface area (Å²) >= 11 is 0. The van der Waals surface area contributed by atoms with Gasteiger partial charge in [-0.25, -0.2) is 0 Å². The summed E-state index contributed by atoms with van der Waals surface area (Å²) in [5, 5.41) is 4.44. The van der Waals surface area contributed by atoms with E-state index in [1.54, 1.807) is 0 Å². The van der Waals surface area contributed by atoms with Crippen LogP contribution in [0.25, 0.3) is 55.2 Å². The predicted molar refractivity (Wildman–Crippen MR) is 186 cm³/mol. The fourth-order valence-corrected chi connectivity index (χ4v) is 5.81. The maximum Gasteiger partial charge on any atom is 0.128 e. The smallest absolute Gasteiger partial charge is 0.128 e. The molecule has 5 heteroatoms. The summed E-state index contributed by atoms with van der Waals surface area (Å²) in [6.07, 6.45) is 4.80. The fourth-order valence-electron chi connectivity index (χ4n) is 5.81. The molecule has 0 unspecified atom stereocenters. The predicted octanol–water partition coefficient (Wildman–Crippen LogP) is 10.7. The monoisotopic (exact) mass is 782 g/mol. The third kappa shape index (κ3) is 6.96. The average Bonchev–Trinajstić information content (AvgIpc) is 3.38. The molecule has 0 amide bonds. The average molecular weight is 782 g/mol. The molecule has 0 saturated carbocycles. The van der Waals surface area contributed by atoms with Gasteiger partial charge in [-0.15, -0.1) is 53.6 Å². The summed E-state index contributed by atoms with van der Waals surface area (Å²) in [6.45, 7) is 17.1. The van der Waals surface area contributed by atoms with E-state index in [2.05, 4.69) is 123 Å². The quantitative estimate of drug-likeness (QED) is 0.168. The van der Waals surface area contributed by atoms with Gasteiger partial charge in [0.05, 0.1) is 5.58 Å². The SMILES string of the molecule is Cc1c[c-]c(-c2cc(C)c(C)cn2)cc1.Cc1cc2c(ccc3c4cc[c-]c(-c5cc(CC(C)(C)C)ccn5)c4oc23)c(C)n1.[Ir]. The van der Waals surface area contributed by atoms with E-state index < -0.39 is 0 Å². The number of benzene rings is 3. The number of aryl methyl sites for hydroxylation is 5. The van der Waals surface area contributed by atoms with E-state index in [-0.39, 0.29) is 25.5 Å². The summed E-state index contributed by atoms with van der Waals surface area (Å²) < 4.78 is 6.50. The molecule has 0 aliphatic carbocycles. The zero-order valence-electron chi connectivity index (χ0n) is 27.8. The molecule has 0 fully saturated rings. The second-order valence-electron chi connectivity index (χ2n) is 13.3. The molecule has 7 aromatic rings. The van der Waals surface area contributed by atoms with E-state index in [1.807, 2.05) is 38.4 Å². The van der Waals surface area contributed by atoms with Crippen LogP contribution < -0.4 is 0 Å². The largest absolute Gasteiger partial charge is 0.500 e. The van der Waals surface area contributed by atoms with Crippen LogP contribution >= 0.6 is 0 Å². The topological polar surface area (TPSA) is 51.8 Å². The molecule has 7 rings (SSSR count).